The van der Waals surface area contributed by atoms with E-state index in [-0.39, 0.29) is 24.5 Å². The molecule has 0 radical (unpaired) electrons. The lowest BCUT2D eigenvalue weighted by Crippen LogP contribution is -2.35. The van der Waals surface area contributed by atoms with Crippen molar-refractivity contribution in [3.8, 4) is 11.8 Å². The quantitative estimate of drug-likeness (QED) is 0.889. The van der Waals surface area contributed by atoms with Crippen LogP contribution in [0.1, 0.15) is 31.0 Å². The van der Waals surface area contributed by atoms with Crippen molar-refractivity contribution in [2.75, 3.05) is 6.61 Å². The van der Waals surface area contributed by atoms with Crippen LogP contribution in [0.5, 0.6) is 5.75 Å². The van der Waals surface area contributed by atoms with Gasteiger partial charge in [0.15, 0.2) is 6.61 Å². The molecule has 1 unspecified atom stereocenters. The molecule has 0 fully saturated rings. The predicted octanol–water partition coefficient (Wildman–Crippen LogP) is 3.45. The van der Waals surface area contributed by atoms with E-state index in [1.807, 2.05) is 36.4 Å². The maximum absolute atomic E-state index is 12.2. The SMILES string of the molecule is CC(C)C(NC(=O)COc1cccc(C#N)c1)c1ccccc1. The Kier molecular flexibility index (Phi) is 5.76. The van der Waals surface area contributed by atoms with Crippen LogP contribution in [-0.4, -0.2) is 12.5 Å². The average molecular weight is 308 g/mol. The number of nitriles is 1. The van der Waals surface area contributed by atoms with E-state index < -0.39 is 0 Å². The van der Waals surface area contributed by atoms with E-state index in [1.54, 1.807) is 24.3 Å². The van der Waals surface area contributed by atoms with Crippen LogP contribution in [0.2, 0.25) is 0 Å². The summed E-state index contributed by atoms with van der Waals surface area (Å²) in [4.78, 5) is 12.2. The van der Waals surface area contributed by atoms with Gasteiger partial charge >= 0.3 is 0 Å². The number of rotatable bonds is 6. The van der Waals surface area contributed by atoms with Crippen LogP contribution in [0.25, 0.3) is 0 Å². The Bertz CT molecular complexity index is 690. The number of nitrogens with one attached hydrogen (secondary N) is 1. The molecule has 1 amide bonds. The van der Waals surface area contributed by atoms with Gasteiger partial charge in [-0.05, 0) is 29.7 Å². The zero-order valence-electron chi connectivity index (χ0n) is 13.3. The van der Waals surface area contributed by atoms with Gasteiger partial charge in [0, 0.05) is 0 Å². The number of benzene rings is 2. The number of carbonyl (C=O) groups is 1. The summed E-state index contributed by atoms with van der Waals surface area (Å²) in [5.74, 6) is 0.596. The number of ether oxygens (including phenoxy) is 1. The summed E-state index contributed by atoms with van der Waals surface area (Å²) >= 11 is 0. The van der Waals surface area contributed by atoms with Crippen molar-refractivity contribution in [3.63, 3.8) is 0 Å². The maximum Gasteiger partial charge on any atom is 0.258 e. The molecule has 1 N–H and O–H groups in total. The van der Waals surface area contributed by atoms with Crippen LogP contribution in [-0.2, 0) is 4.79 Å². The van der Waals surface area contributed by atoms with Gasteiger partial charge in [-0.1, -0.05) is 50.2 Å². The minimum Gasteiger partial charge on any atom is -0.484 e. The third-order valence-electron chi connectivity index (χ3n) is 3.47. The molecule has 0 saturated heterocycles. The van der Waals surface area contributed by atoms with Gasteiger partial charge in [0.05, 0.1) is 17.7 Å². The first-order chi connectivity index (χ1) is 11.1. The minimum absolute atomic E-state index is 0.0576. The molecule has 0 saturated carbocycles. The van der Waals surface area contributed by atoms with Crippen molar-refractivity contribution in [3.05, 3.63) is 65.7 Å². The third-order valence-corrected chi connectivity index (χ3v) is 3.47. The van der Waals surface area contributed by atoms with Crippen LogP contribution < -0.4 is 10.1 Å². The van der Waals surface area contributed by atoms with Gasteiger partial charge in [-0.3, -0.25) is 4.79 Å². The minimum atomic E-state index is -0.185. The molecule has 0 bridgehead atoms. The number of carbonyl (C=O) groups excluding carboxylic acids is 1. The van der Waals surface area contributed by atoms with Crippen molar-refractivity contribution in [1.82, 2.24) is 5.32 Å². The Morgan fingerprint density at radius 3 is 2.57 bits per heavy atom. The van der Waals surface area contributed by atoms with E-state index in [4.69, 9.17) is 10.00 Å². The van der Waals surface area contributed by atoms with Crippen molar-refractivity contribution >= 4 is 5.91 Å². The van der Waals surface area contributed by atoms with Crippen LogP contribution in [0.3, 0.4) is 0 Å². The lowest BCUT2D eigenvalue weighted by atomic mass is 9.96. The number of nitrogens with zero attached hydrogens (tertiary/aromatic N) is 1. The fourth-order valence-electron chi connectivity index (χ4n) is 2.31. The molecule has 0 aliphatic heterocycles. The molecule has 23 heavy (non-hydrogen) atoms. The van der Waals surface area contributed by atoms with Gasteiger partial charge in [-0.2, -0.15) is 5.26 Å². The van der Waals surface area contributed by atoms with Crippen LogP contribution in [0.4, 0.5) is 0 Å². The van der Waals surface area contributed by atoms with Crippen LogP contribution >= 0.6 is 0 Å². The lowest BCUT2D eigenvalue weighted by Gasteiger charge is -2.23. The van der Waals surface area contributed by atoms with Crippen molar-refractivity contribution in [2.45, 2.75) is 19.9 Å². The molecule has 1 atom stereocenters. The summed E-state index contributed by atoms with van der Waals surface area (Å²) in [5, 5.41) is 11.9. The van der Waals surface area contributed by atoms with E-state index in [9.17, 15) is 4.79 Å². The first-order valence-electron chi connectivity index (χ1n) is 7.57. The van der Waals surface area contributed by atoms with E-state index in [1.165, 1.54) is 0 Å². The van der Waals surface area contributed by atoms with E-state index in [0.717, 1.165) is 5.56 Å². The Balaban J connectivity index is 1.96. The summed E-state index contributed by atoms with van der Waals surface area (Å²) in [7, 11) is 0. The van der Waals surface area contributed by atoms with Gasteiger partial charge in [-0.15, -0.1) is 0 Å². The number of hydrogen-bond acceptors (Lipinski definition) is 3. The molecule has 4 heteroatoms. The second-order valence-corrected chi connectivity index (χ2v) is 5.63. The summed E-state index contributed by atoms with van der Waals surface area (Å²) in [5.41, 5.74) is 1.58. The predicted molar refractivity (Wildman–Crippen MR) is 88.8 cm³/mol. The summed E-state index contributed by atoms with van der Waals surface area (Å²) in [6, 6.07) is 18.6. The number of amides is 1. The standard InChI is InChI=1S/C19H20N2O2/c1-14(2)19(16-8-4-3-5-9-16)21-18(22)13-23-17-10-6-7-15(11-17)12-20/h3-11,14,19H,13H2,1-2H3,(H,21,22). The molecule has 0 aliphatic rings. The molecule has 0 aliphatic carbocycles. The summed E-state index contributed by atoms with van der Waals surface area (Å²) < 4.78 is 5.46. The van der Waals surface area contributed by atoms with Crippen LogP contribution in [0.15, 0.2) is 54.6 Å². The van der Waals surface area contributed by atoms with Gasteiger partial charge in [0.2, 0.25) is 0 Å². The molecule has 0 spiro atoms. The van der Waals surface area contributed by atoms with E-state index in [0.29, 0.717) is 11.3 Å². The normalized spacial score (nSPS) is 11.6. The lowest BCUT2D eigenvalue weighted by molar-refractivity contribution is -0.124. The largest absolute Gasteiger partial charge is 0.484 e. The van der Waals surface area contributed by atoms with Crippen LogP contribution in [0, 0.1) is 17.2 Å². The maximum atomic E-state index is 12.2. The molecule has 0 aromatic heterocycles. The number of hydrogen-bond donors (Lipinski definition) is 1. The molecule has 4 nitrogen and oxygen atoms in total. The first kappa shape index (κ1) is 16.6. The monoisotopic (exact) mass is 308 g/mol. The van der Waals surface area contributed by atoms with Crippen molar-refractivity contribution in [2.24, 2.45) is 5.92 Å². The van der Waals surface area contributed by atoms with Crippen molar-refractivity contribution in [1.29, 1.82) is 5.26 Å². The Morgan fingerprint density at radius 1 is 1.17 bits per heavy atom. The highest BCUT2D eigenvalue weighted by Gasteiger charge is 2.18. The van der Waals surface area contributed by atoms with Gasteiger partial charge in [0.1, 0.15) is 5.75 Å². The zero-order valence-corrected chi connectivity index (χ0v) is 13.3. The molecule has 0 heterocycles. The molecule has 2 rings (SSSR count). The van der Waals surface area contributed by atoms with E-state index >= 15 is 0 Å². The van der Waals surface area contributed by atoms with Crippen molar-refractivity contribution < 1.29 is 9.53 Å². The molecular formula is C19H20N2O2. The smallest absolute Gasteiger partial charge is 0.258 e. The van der Waals surface area contributed by atoms with E-state index in [2.05, 4.69) is 19.2 Å². The molecule has 2 aromatic rings. The Hall–Kier alpha value is -2.80. The highest BCUT2D eigenvalue weighted by molar-refractivity contribution is 5.78. The topological polar surface area (TPSA) is 62.1 Å². The zero-order chi connectivity index (χ0) is 16.7. The summed E-state index contributed by atoms with van der Waals surface area (Å²) in [6.45, 7) is 4.05. The second kappa shape index (κ2) is 8.00. The highest BCUT2D eigenvalue weighted by atomic mass is 16.5. The third kappa shape index (κ3) is 4.86. The average Bonchev–Trinajstić information content (AvgIpc) is 2.58. The highest BCUT2D eigenvalue weighted by Crippen LogP contribution is 2.21. The van der Waals surface area contributed by atoms with Gasteiger partial charge < -0.3 is 10.1 Å². The second-order valence-electron chi connectivity index (χ2n) is 5.63. The van der Waals surface area contributed by atoms with Gasteiger partial charge in [-0.25, -0.2) is 0 Å². The fourth-order valence-corrected chi connectivity index (χ4v) is 2.31. The first-order valence-corrected chi connectivity index (χ1v) is 7.57. The molecule has 2 aromatic carbocycles. The van der Waals surface area contributed by atoms with Gasteiger partial charge in [0.25, 0.3) is 5.91 Å². The molecular weight excluding hydrogens is 288 g/mol. The Morgan fingerprint density at radius 2 is 1.91 bits per heavy atom. The fraction of sp³-hybridized carbons (Fsp3) is 0.263. The Labute approximate surface area is 136 Å². The summed E-state index contributed by atoms with van der Waals surface area (Å²) in [6.07, 6.45) is 0. The molecule has 118 valence electrons.